The van der Waals surface area contributed by atoms with E-state index < -0.39 is 12.0 Å². The Hall–Kier alpha value is -3.78. The normalized spacial score (nSPS) is 18.0. The predicted octanol–water partition coefficient (Wildman–Crippen LogP) is 4.05. The summed E-state index contributed by atoms with van der Waals surface area (Å²) in [7, 11) is 1.71. The van der Waals surface area contributed by atoms with Crippen LogP contribution in [0, 0.1) is 0 Å². The Bertz CT molecular complexity index is 1640. The molecule has 7 nitrogen and oxygen atoms in total. The van der Waals surface area contributed by atoms with Crippen molar-refractivity contribution in [1.82, 2.24) is 4.57 Å². The van der Waals surface area contributed by atoms with Crippen molar-refractivity contribution in [3.63, 3.8) is 0 Å². The van der Waals surface area contributed by atoms with E-state index in [0.29, 0.717) is 38.5 Å². The molecule has 2 aliphatic heterocycles. The quantitative estimate of drug-likeness (QED) is 0.451. The molecule has 2 aromatic carbocycles. The highest BCUT2D eigenvalue weighted by atomic mass is 32.1. The monoisotopic (exact) mass is 529 g/mol. The van der Waals surface area contributed by atoms with Gasteiger partial charge in [-0.25, -0.2) is 9.79 Å². The second kappa shape index (κ2) is 10.2. The third-order valence-electron chi connectivity index (χ3n) is 7.07. The number of esters is 1. The minimum Gasteiger partial charge on any atom is -0.463 e. The van der Waals surface area contributed by atoms with Crippen LogP contribution in [0.5, 0.6) is 0 Å². The summed E-state index contributed by atoms with van der Waals surface area (Å²) in [6.45, 7) is 8.25. The topological polar surface area (TPSA) is 81.0 Å². The molecule has 1 atom stereocenters. The van der Waals surface area contributed by atoms with Crippen LogP contribution >= 0.6 is 11.3 Å². The number of nitrogens with zero attached hydrogens (tertiary/aromatic N) is 3. The molecule has 5 rings (SSSR count). The Morgan fingerprint density at radius 3 is 2.45 bits per heavy atom. The van der Waals surface area contributed by atoms with Gasteiger partial charge in [-0.15, -0.1) is 0 Å². The highest BCUT2D eigenvalue weighted by Gasteiger charge is 2.36. The first-order chi connectivity index (χ1) is 18.3. The summed E-state index contributed by atoms with van der Waals surface area (Å²) in [5, 5.41) is 0. The van der Waals surface area contributed by atoms with Gasteiger partial charge in [-0.05, 0) is 36.5 Å². The Morgan fingerprint density at radius 2 is 1.79 bits per heavy atom. The van der Waals surface area contributed by atoms with Gasteiger partial charge in [-0.3, -0.25) is 14.2 Å². The molecule has 0 unspecified atom stereocenters. The molecule has 38 heavy (non-hydrogen) atoms. The third kappa shape index (κ3) is 4.13. The molecule has 0 saturated heterocycles. The average molecular weight is 530 g/mol. The summed E-state index contributed by atoms with van der Waals surface area (Å²) in [5.41, 5.74) is 4.49. The molecule has 0 spiro atoms. The minimum absolute atomic E-state index is 0.215. The van der Waals surface area contributed by atoms with E-state index in [1.54, 1.807) is 23.4 Å². The van der Waals surface area contributed by atoms with Gasteiger partial charge in [-0.2, -0.15) is 0 Å². The van der Waals surface area contributed by atoms with E-state index in [9.17, 15) is 14.4 Å². The first kappa shape index (κ1) is 25.9. The largest absolute Gasteiger partial charge is 0.463 e. The first-order valence-corrected chi connectivity index (χ1v) is 13.8. The van der Waals surface area contributed by atoms with E-state index >= 15 is 0 Å². The molecule has 1 aromatic heterocycles. The van der Waals surface area contributed by atoms with Gasteiger partial charge in [0.1, 0.15) is 4.53 Å². The average Bonchev–Trinajstić information content (AvgIpc) is 3.36. The lowest BCUT2D eigenvalue weighted by molar-refractivity contribution is -0.139. The van der Waals surface area contributed by atoms with Crippen LogP contribution < -0.4 is 19.8 Å². The maximum atomic E-state index is 14.2. The lowest BCUT2D eigenvalue weighted by Crippen LogP contribution is -2.41. The number of amides is 1. The fraction of sp³-hybridized carbons (Fsp3) is 0.333. The summed E-state index contributed by atoms with van der Waals surface area (Å²) in [6.07, 6.45) is 1.34. The summed E-state index contributed by atoms with van der Waals surface area (Å²) in [4.78, 5) is 47.7. The van der Waals surface area contributed by atoms with Crippen LogP contribution in [0.3, 0.4) is 0 Å². The molecular formula is C30H31N3O4S. The van der Waals surface area contributed by atoms with Crippen molar-refractivity contribution < 1.29 is 14.3 Å². The van der Waals surface area contributed by atoms with E-state index in [2.05, 4.69) is 13.8 Å². The van der Waals surface area contributed by atoms with Crippen LogP contribution in [-0.2, 0) is 14.3 Å². The summed E-state index contributed by atoms with van der Waals surface area (Å²) in [6, 6.07) is 14.8. The number of ether oxygens (including phenoxy) is 1. The van der Waals surface area contributed by atoms with Crippen molar-refractivity contribution in [2.24, 2.45) is 4.99 Å². The van der Waals surface area contributed by atoms with Gasteiger partial charge in [0.25, 0.3) is 11.5 Å². The number of anilines is 1. The van der Waals surface area contributed by atoms with Gasteiger partial charge in [-0.1, -0.05) is 81.0 Å². The molecule has 0 saturated carbocycles. The van der Waals surface area contributed by atoms with Crippen LogP contribution in [0.1, 0.15) is 69.2 Å². The molecule has 8 heteroatoms. The Balaban J connectivity index is 1.83. The molecular weight excluding hydrogens is 498 g/mol. The van der Waals surface area contributed by atoms with Gasteiger partial charge in [0.2, 0.25) is 0 Å². The Labute approximate surface area is 225 Å². The second-order valence-corrected chi connectivity index (χ2v) is 10.8. The fourth-order valence-electron chi connectivity index (χ4n) is 5.14. The number of rotatable bonds is 6. The SMILES string of the molecule is CCCC1=C(C(=O)OCC)[C@@H](c2ccc(C(C)C)cc2)n2c(s/c(=C3\C(=O)N(C)c4ccccc43)c2=O)=N1. The predicted molar refractivity (Wildman–Crippen MR) is 149 cm³/mol. The molecule has 0 aliphatic carbocycles. The van der Waals surface area contributed by atoms with Crippen molar-refractivity contribution in [2.45, 2.75) is 52.5 Å². The number of carbonyl (C=O) groups excluding carboxylic acids is 2. The maximum Gasteiger partial charge on any atom is 0.338 e. The zero-order valence-electron chi connectivity index (χ0n) is 22.3. The van der Waals surface area contributed by atoms with Crippen molar-refractivity contribution in [1.29, 1.82) is 0 Å². The smallest absolute Gasteiger partial charge is 0.338 e. The second-order valence-electron chi connectivity index (χ2n) is 9.81. The highest BCUT2D eigenvalue weighted by molar-refractivity contribution is 7.07. The number of fused-ring (bicyclic) bond motifs is 2. The van der Waals surface area contributed by atoms with E-state index in [0.717, 1.165) is 28.8 Å². The molecule has 0 N–H and O–H groups in total. The first-order valence-electron chi connectivity index (χ1n) is 13.0. The molecule has 0 fully saturated rings. The van der Waals surface area contributed by atoms with Crippen LogP contribution in [0.15, 0.2) is 69.6 Å². The zero-order valence-corrected chi connectivity index (χ0v) is 23.1. The number of thiazole rings is 1. The van der Waals surface area contributed by atoms with Crippen LogP contribution in [0.4, 0.5) is 5.69 Å². The van der Waals surface area contributed by atoms with Gasteiger partial charge >= 0.3 is 5.97 Å². The molecule has 2 aliphatic rings. The lowest BCUT2D eigenvalue weighted by Gasteiger charge is -2.26. The number of aromatic nitrogens is 1. The number of hydrogen-bond acceptors (Lipinski definition) is 6. The van der Waals surface area contributed by atoms with Crippen molar-refractivity contribution in [3.8, 4) is 0 Å². The van der Waals surface area contributed by atoms with E-state index in [1.807, 2.05) is 55.5 Å². The van der Waals surface area contributed by atoms with E-state index in [4.69, 9.17) is 9.73 Å². The van der Waals surface area contributed by atoms with Gasteiger partial charge < -0.3 is 9.64 Å². The zero-order chi connectivity index (χ0) is 27.1. The molecule has 1 amide bonds. The number of allylic oxidation sites excluding steroid dienone is 1. The van der Waals surface area contributed by atoms with E-state index in [-0.39, 0.29) is 18.1 Å². The van der Waals surface area contributed by atoms with Gasteiger partial charge in [0.15, 0.2) is 4.80 Å². The van der Waals surface area contributed by atoms with Crippen LogP contribution in [0.25, 0.3) is 5.57 Å². The molecule has 196 valence electrons. The number of benzene rings is 2. The number of para-hydroxylation sites is 1. The molecule has 0 radical (unpaired) electrons. The van der Waals surface area contributed by atoms with Crippen molar-refractivity contribution in [2.75, 3.05) is 18.6 Å². The molecule has 3 heterocycles. The summed E-state index contributed by atoms with van der Waals surface area (Å²) >= 11 is 1.20. The fourth-order valence-corrected chi connectivity index (χ4v) is 6.25. The maximum absolute atomic E-state index is 14.2. The number of hydrogen-bond donors (Lipinski definition) is 0. The van der Waals surface area contributed by atoms with Crippen LogP contribution in [0.2, 0.25) is 0 Å². The number of carbonyl (C=O) groups is 2. The highest BCUT2D eigenvalue weighted by Crippen LogP contribution is 2.35. The van der Waals surface area contributed by atoms with Crippen LogP contribution in [-0.4, -0.2) is 30.1 Å². The molecule has 0 bridgehead atoms. The van der Waals surface area contributed by atoms with E-state index in [1.165, 1.54) is 11.3 Å². The van der Waals surface area contributed by atoms with Gasteiger partial charge in [0, 0.05) is 12.6 Å². The summed E-state index contributed by atoms with van der Waals surface area (Å²) in [5.74, 6) is -0.362. The van der Waals surface area contributed by atoms with Crippen molar-refractivity contribution in [3.05, 3.63) is 96.2 Å². The van der Waals surface area contributed by atoms with Crippen molar-refractivity contribution >= 4 is 34.5 Å². The van der Waals surface area contributed by atoms with Gasteiger partial charge in [0.05, 0.1) is 35.2 Å². The lowest BCUT2D eigenvalue weighted by atomic mass is 9.92. The standard InChI is InChI=1S/C30H31N3O4S/c1-6-10-21-24(29(36)37-7-2)25(19-15-13-18(14-16-19)17(3)4)33-28(35)26(38-30(33)31-21)23-20-11-8-9-12-22(20)32(5)27(23)34/h8-9,11-17,25H,6-7,10H2,1-5H3/b26-23-/t25-/m1/s1. The molecule has 3 aromatic rings. The summed E-state index contributed by atoms with van der Waals surface area (Å²) < 4.78 is 7.37. The third-order valence-corrected chi connectivity index (χ3v) is 8.12. The Morgan fingerprint density at radius 1 is 1.08 bits per heavy atom. The Kier molecular flexibility index (Phi) is 6.92. The minimum atomic E-state index is -0.702. The number of likely N-dealkylation sites (N-methyl/N-ethyl adjacent to an activating group) is 1.